The average molecular weight is 243 g/mol. The van der Waals surface area contributed by atoms with Gasteiger partial charge in [0.05, 0.1) is 6.54 Å². The zero-order valence-electron chi connectivity index (χ0n) is 9.28. The first-order valence-corrected chi connectivity index (χ1v) is 5.84. The first-order chi connectivity index (χ1) is 7.52. The van der Waals surface area contributed by atoms with Gasteiger partial charge in [-0.05, 0) is 19.8 Å². The van der Waals surface area contributed by atoms with Crippen molar-refractivity contribution in [1.82, 2.24) is 9.80 Å². The Morgan fingerprint density at radius 1 is 1.50 bits per heavy atom. The Kier molecular flexibility index (Phi) is 2.93. The van der Waals surface area contributed by atoms with Crippen molar-refractivity contribution in [1.29, 1.82) is 0 Å². The summed E-state index contributed by atoms with van der Waals surface area (Å²) in [6.07, 6.45) is 1.67. The van der Waals surface area contributed by atoms with Crippen LogP contribution in [0.25, 0.3) is 0 Å². The summed E-state index contributed by atoms with van der Waals surface area (Å²) in [4.78, 5) is 27.4. The van der Waals surface area contributed by atoms with Gasteiger partial charge >= 0.3 is 0 Å². The Balaban J connectivity index is 2.23. The zero-order valence-corrected chi connectivity index (χ0v) is 10.0. The van der Waals surface area contributed by atoms with E-state index in [0.29, 0.717) is 11.6 Å². The number of nitrogens with zero attached hydrogens (tertiary/aromatic N) is 2. The molecule has 0 bridgehead atoms. The lowest BCUT2D eigenvalue weighted by Crippen LogP contribution is -2.61. The van der Waals surface area contributed by atoms with Crippen molar-refractivity contribution in [2.24, 2.45) is 0 Å². The van der Waals surface area contributed by atoms with E-state index in [-0.39, 0.29) is 24.4 Å². The molecular formula is C11H15ClN2O2. The molecule has 0 aromatic carbocycles. The summed E-state index contributed by atoms with van der Waals surface area (Å²) < 4.78 is 0. The van der Waals surface area contributed by atoms with Crippen LogP contribution in [0, 0.1) is 0 Å². The number of halogens is 1. The summed E-state index contributed by atoms with van der Waals surface area (Å²) in [7, 11) is 0. The lowest BCUT2D eigenvalue weighted by Gasteiger charge is -2.40. The van der Waals surface area contributed by atoms with Crippen LogP contribution in [0.5, 0.6) is 0 Å². The third-order valence-corrected chi connectivity index (χ3v) is 3.39. The van der Waals surface area contributed by atoms with Crippen LogP contribution in [-0.4, -0.2) is 46.8 Å². The van der Waals surface area contributed by atoms with Crippen LogP contribution in [-0.2, 0) is 9.59 Å². The van der Waals surface area contributed by atoms with E-state index in [0.717, 1.165) is 12.8 Å². The molecule has 2 amide bonds. The summed E-state index contributed by atoms with van der Waals surface area (Å²) in [5.41, 5.74) is 0. The molecule has 0 saturated carbocycles. The maximum Gasteiger partial charge on any atom is 0.246 e. The Hall–Kier alpha value is -1.03. The first kappa shape index (κ1) is 11.5. The molecule has 2 saturated heterocycles. The van der Waals surface area contributed by atoms with Crippen LogP contribution in [0.4, 0.5) is 0 Å². The van der Waals surface area contributed by atoms with Gasteiger partial charge in [0.1, 0.15) is 12.1 Å². The van der Waals surface area contributed by atoms with Gasteiger partial charge in [-0.2, -0.15) is 0 Å². The van der Waals surface area contributed by atoms with Crippen molar-refractivity contribution < 1.29 is 9.59 Å². The standard InChI is InChI=1S/C11H15ClN2O2/c1-7(12)6-14-8(2)10(15)13-5-3-4-9(13)11(14)16/h8-9H,1,3-6H2,2H3. The predicted molar refractivity (Wildman–Crippen MR) is 60.9 cm³/mol. The highest BCUT2D eigenvalue weighted by molar-refractivity contribution is 6.29. The van der Waals surface area contributed by atoms with E-state index in [1.54, 1.807) is 11.8 Å². The van der Waals surface area contributed by atoms with Gasteiger partial charge < -0.3 is 9.80 Å². The molecule has 2 atom stereocenters. The minimum absolute atomic E-state index is 0.00593. The number of carbonyl (C=O) groups excluding carboxylic acids is 2. The van der Waals surface area contributed by atoms with Crippen molar-refractivity contribution in [3.63, 3.8) is 0 Å². The minimum Gasteiger partial charge on any atom is -0.329 e. The van der Waals surface area contributed by atoms with E-state index in [2.05, 4.69) is 6.58 Å². The van der Waals surface area contributed by atoms with E-state index in [1.807, 2.05) is 0 Å². The highest BCUT2D eigenvalue weighted by Crippen LogP contribution is 2.27. The van der Waals surface area contributed by atoms with Gasteiger partial charge in [0.15, 0.2) is 0 Å². The molecule has 5 heteroatoms. The lowest BCUT2D eigenvalue weighted by molar-refractivity contribution is -0.157. The maximum absolute atomic E-state index is 12.1. The number of hydrogen-bond acceptors (Lipinski definition) is 2. The Bertz CT molecular complexity index is 356. The molecule has 0 aromatic rings. The third-order valence-electron chi connectivity index (χ3n) is 3.27. The van der Waals surface area contributed by atoms with Crippen molar-refractivity contribution in [2.45, 2.75) is 31.8 Å². The van der Waals surface area contributed by atoms with E-state index in [9.17, 15) is 9.59 Å². The van der Waals surface area contributed by atoms with Gasteiger partial charge in [-0.1, -0.05) is 18.2 Å². The molecule has 0 radical (unpaired) electrons. The van der Waals surface area contributed by atoms with Crippen LogP contribution in [0.1, 0.15) is 19.8 Å². The van der Waals surface area contributed by atoms with Crippen LogP contribution < -0.4 is 0 Å². The minimum atomic E-state index is -0.419. The maximum atomic E-state index is 12.1. The van der Waals surface area contributed by atoms with Gasteiger partial charge in [-0.25, -0.2) is 0 Å². The van der Waals surface area contributed by atoms with Crippen LogP contribution in [0.2, 0.25) is 0 Å². The molecule has 2 rings (SSSR count). The fourth-order valence-electron chi connectivity index (χ4n) is 2.44. The average Bonchev–Trinajstić information content (AvgIpc) is 2.70. The van der Waals surface area contributed by atoms with E-state index < -0.39 is 6.04 Å². The number of amides is 2. The van der Waals surface area contributed by atoms with Gasteiger partial charge in [0, 0.05) is 11.6 Å². The van der Waals surface area contributed by atoms with Crippen molar-refractivity contribution in [3.8, 4) is 0 Å². The van der Waals surface area contributed by atoms with E-state index in [4.69, 9.17) is 11.6 Å². The highest BCUT2D eigenvalue weighted by atomic mass is 35.5. The summed E-state index contributed by atoms with van der Waals surface area (Å²) in [5.74, 6) is 0.0337. The smallest absolute Gasteiger partial charge is 0.246 e. The third kappa shape index (κ3) is 1.71. The Morgan fingerprint density at radius 2 is 2.19 bits per heavy atom. The number of hydrogen-bond donors (Lipinski definition) is 0. The predicted octanol–water partition coefficient (Wildman–Crippen LogP) is 0.961. The van der Waals surface area contributed by atoms with Crippen molar-refractivity contribution >= 4 is 23.4 Å². The van der Waals surface area contributed by atoms with Crippen molar-refractivity contribution in [2.75, 3.05) is 13.1 Å². The molecule has 88 valence electrons. The van der Waals surface area contributed by atoms with Gasteiger partial charge in [0.25, 0.3) is 0 Å². The lowest BCUT2D eigenvalue weighted by atomic mass is 10.1. The van der Waals surface area contributed by atoms with Crippen LogP contribution in [0.3, 0.4) is 0 Å². The topological polar surface area (TPSA) is 40.6 Å². The number of piperazine rings is 1. The summed E-state index contributed by atoms with van der Waals surface area (Å²) in [6, 6.07) is -0.683. The first-order valence-electron chi connectivity index (χ1n) is 5.46. The molecule has 0 aliphatic carbocycles. The molecule has 4 nitrogen and oxygen atoms in total. The molecule has 2 aliphatic rings. The largest absolute Gasteiger partial charge is 0.329 e. The van der Waals surface area contributed by atoms with Crippen LogP contribution in [0.15, 0.2) is 11.6 Å². The van der Waals surface area contributed by atoms with E-state index in [1.165, 1.54) is 4.90 Å². The Morgan fingerprint density at radius 3 is 2.81 bits per heavy atom. The van der Waals surface area contributed by atoms with Gasteiger partial charge in [0.2, 0.25) is 11.8 Å². The quantitative estimate of drug-likeness (QED) is 0.724. The summed E-state index contributed by atoms with van der Waals surface area (Å²) in [5, 5.41) is 0.388. The number of rotatable bonds is 2. The molecule has 0 spiro atoms. The SMILES string of the molecule is C=C(Cl)CN1C(=O)C2CCCN2C(=O)C1C. The second kappa shape index (κ2) is 4.09. The monoisotopic (exact) mass is 242 g/mol. The van der Waals surface area contributed by atoms with Gasteiger partial charge in [-0.15, -0.1) is 0 Å². The molecule has 2 unspecified atom stereocenters. The number of carbonyl (C=O) groups is 2. The zero-order chi connectivity index (χ0) is 11.9. The molecule has 2 aliphatic heterocycles. The molecule has 0 N–H and O–H groups in total. The molecule has 16 heavy (non-hydrogen) atoms. The summed E-state index contributed by atoms with van der Waals surface area (Å²) in [6.45, 7) is 6.29. The second-order valence-electron chi connectivity index (χ2n) is 4.35. The molecular weight excluding hydrogens is 228 g/mol. The molecule has 0 aromatic heterocycles. The normalized spacial score (nSPS) is 29.6. The molecule has 2 heterocycles. The van der Waals surface area contributed by atoms with Crippen molar-refractivity contribution in [3.05, 3.63) is 11.6 Å². The number of fused-ring (bicyclic) bond motifs is 1. The van der Waals surface area contributed by atoms with Crippen LogP contribution >= 0.6 is 11.6 Å². The molecule has 2 fully saturated rings. The summed E-state index contributed by atoms with van der Waals surface area (Å²) >= 11 is 5.72. The van der Waals surface area contributed by atoms with Gasteiger partial charge in [-0.3, -0.25) is 9.59 Å². The fourth-order valence-corrected chi connectivity index (χ4v) is 2.57. The highest BCUT2D eigenvalue weighted by Gasteiger charge is 2.45. The fraction of sp³-hybridized carbons (Fsp3) is 0.636. The Labute approximate surface area is 99.8 Å². The van der Waals surface area contributed by atoms with E-state index >= 15 is 0 Å². The second-order valence-corrected chi connectivity index (χ2v) is 4.88.